The minimum atomic E-state index is -0.850. The first-order chi connectivity index (χ1) is 7.74. The van der Waals surface area contributed by atoms with Gasteiger partial charge in [-0.1, -0.05) is 12.2 Å². The number of thiocarbonyl (C=S) groups is 1. The Hall–Kier alpha value is -1.82. The van der Waals surface area contributed by atoms with Gasteiger partial charge in [0.2, 0.25) is 0 Å². The van der Waals surface area contributed by atoms with E-state index in [1.165, 1.54) is 12.1 Å². The number of nitrogens with one attached hydrogen (secondary N) is 1. The lowest BCUT2D eigenvalue weighted by Crippen LogP contribution is -2.52. The summed E-state index contributed by atoms with van der Waals surface area (Å²) in [6.07, 6.45) is 0. The largest absolute Gasteiger partial charge is 0.508 e. The number of carbonyl (C=O) groups excluding carboxylic acids is 1. The average molecular weight is 254 g/mol. The van der Waals surface area contributed by atoms with Crippen molar-refractivity contribution in [3.63, 3.8) is 0 Å². The first kappa shape index (κ1) is 13.2. The smallest absolute Gasteiger partial charge is 0.255 e. The van der Waals surface area contributed by atoms with E-state index in [9.17, 15) is 9.90 Å². The van der Waals surface area contributed by atoms with Gasteiger partial charge in [-0.05, 0) is 26.0 Å². The van der Waals surface area contributed by atoms with Crippen LogP contribution in [0.2, 0.25) is 0 Å². The van der Waals surface area contributed by atoms with Crippen LogP contribution in [0.4, 0.5) is 0 Å². The van der Waals surface area contributed by atoms with Gasteiger partial charge in [-0.2, -0.15) is 0 Å². The molecule has 5 N–H and O–H groups in total. The number of carbonyl (C=O) groups is 1. The summed E-state index contributed by atoms with van der Waals surface area (Å²) >= 11 is 4.81. The number of benzene rings is 1. The summed E-state index contributed by atoms with van der Waals surface area (Å²) in [5.74, 6) is -0.936. The molecular formula is C11H14N2O3S. The first-order valence-electron chi connectivity index (χ1n) is 4.88. The fraction of sp³-hybridized carbons (Fsp3) is 0.273. The van der Waals surface area contributed by atoms with Crippen molar-refractivity contribution < 1.29 is 15.0 Å². The average Bonchev–Trinajstić information content (AvgIpc) is 2.15. The number of phenols is 2. The van der Waals surface area contributed by atoms with Crippen molar-refractivity contribution in [3.05, 3.63) is 23.8 Å². The van der Waals surface area contributed by atoms with E-state index < -0.39 is 11.4 Å². The Morgan fingerprint density at radius 3 is 2.47 bits per heavy atom. The van der Waals surface area contributed by atoms with E-state index in [0.717, 1.165) is 6.07 Å². The van der Waals surface area contributed by atoms with Crippen molar-refractivity contribution in [2.45, 2.75) is 19.4 Å². The van der Waals surface area contributed by atoms with Gasteiger partial charge in [0.05, 0.1) is 16.1 Å². The Kier molecular flexibility index (Phi) is 3.57. The Morgan fingerprint density at radius 1 is 1.41 bits per heavy atom. The predicted molar refractivity (Wildman–Crippen MR) is 68.1 cm³/mol. The SMILES string of the molecule is CC(C)(NC(=O)c1ccc(O)cc1O)C(N)=S. The number of aromatic hydroxyl groups is 2. The van der Waals surface area contributed by atoms with Crippen molar-refractivity contribution in [2.24, 2.45) is 5.73 Å². The Bertz CT molecular complexity index is 472. The van der Waals surface area contributed by atoms with Gasteiger partial charge in [-0.25, -0.2) is 0 Å². The molecule has 0 saturated carbocycles. The maximum Gasteiger partial charge on any atom is 0.255 e. The minimum absolute atomic E-state index is 0.0483. The van der Waals surface area contributed by atoms with Gasteiger partial charge in [0.25, 0.3) is 5.91 Å². The molecule has 1 aromatic rings. The van der Waals surface area contributed by atoms with Gasteiger partial charge in [0.15, 0.2) is 0 Å². The number of hydrogen-bond donors (Lipinski definition) is 4. The molecule has 0 aliphatic heterocycles. The zero-order valence-corrected chi connectivity index (χ0v) is 10.3. The lowest BCUT2D eigenvalue weighted by molar-refractivity contribution is 0.0929. The van der Waals surface area contributed by atoms with Crippen molar-refractivity contribution in [1.29, 1.82) is 0 Å². The van der Waals surface area contributed by atoms with E-state index in [4.69, 9.17) is 23.1 Å². The third-order valence-corrected chi connectivity index (χ3v) is 2.78. The van der Waals surface area contributed by atoms with Gasteiger partial charge >= 0.3 is 0 Å². The molecule has 0 atom stereocenters. The molecule has 0 spiro atoms. The summed E-state index contributed by atoms with van der Waals surface area (Å²) in [6.45, 7) is 3.31. The van der Waals surface area contributed by atoms with Crippen molar-refractivity contribution >= 4 is 23.1 Å². The normalized spacial score (nSPS) is 10.9. The van der Waals surface area contributed by atoms with Crippen LogP contribution in [0.25, 0.3) is 0 Å². The topological polar surface area (TPSA) is 95.6 Å². The highest BCUT2D eigenvalue weighted by atomic mass is 32.1. The molecule has 0 aliphatic rings. The van der Waals surface area contributed by atoms with Crippen LogP contribution >= 0.6 is 12.2 Å². The Labute approximate surface area is 104 Å². The highest BCUT2D eigenvalue weighted by Gasteiger charge is 2.25. The number of nitrogens with two attached hydrogens (primary N) is 1. The van der Waals surface area contributed by atoms with Crippen LogP contribution < -0.4 is 11.1 Å². The third kappa shape index (κ3) is 3.07. The maximum atomic E-state index is 11.8. The van der Waals surface area contributed by atoms with Crippen LogP contribution in [0.15, 0.2) is 18.2 Å². The molecule has 5 nitrogen and oxygen atoms in total. The van der Waals surface area contributed by atoms with E-state index >= 15 is 0 Å². The molecule has 1 rings (SSSR count). The summed E-state index contributed by atoms with van der Waals surface area (Å²) < 4.78 is 0. The summed E-state index contributed by atoms with van der Waals surface area (Å²) in [5.41, 5.74) is 4.67. The molecule has 1 amide bonds. The fourth-order valence-electron chi connectivity index (χ4n) is 1.12. The maximum absolute atomic E-state index is 11.8. The molecule has 0 saturated heterocycles. The molecule has 17 heavy (non-hydrogen) atoms. The van der Waals surface area contributed by atoms with Gasteiger partial charge in [-0.3, -0.25) is 4.79 Å². The molecule has 0 aliphatic carbocycles. The molecule has 0 unspecified atom stereocenters. The molecule has 6 heteroatoms. The van der Waals surface area contributed by atoms with E-state index in [-0.39, 0.29) is 22.1 Å². The second kappa shape index (κ2) is 4.58. The molecule has 0 heterocycles. The Balaban J connectivity index is 2.95. The molecular weight excluding hydrogens is 240 g/mol. The number of rotatable bonds is 3. The van der Waals surface area contributed by atoms with Gasteiger partial charge in [0, 0.05) is 6.07 Å². The lowest BCUT2D eigenvalue weighted by Gasteiger charge is -2.24. The van der Waals surface area contributed by atoms with Crippen LogP contribution in [-0.4, -0.2) is 26.6 Å². The highest BCUT2D eigenvalue weighted by molar-refractivity contribution is 7.80. The van der Waals surface area contributed by atoms with Gasteiger partial charge in [-0.15, -0.1) is 0 Å². The first-order valence-corrected chi connectivity index (χ1v) is 5.29. The fourth-order valence-corrected chi connectivity index (χ4v) is 1.18. The van der Waals surface area contributed by atoms with E-state index in [1.807, 2.05) is 0 Å². The van der Waals surface area contributed by atoms with Gasteiger partial charge < -0.3 is 21.3 Å². The van der Waals surface area contributed by atoms with Crippen molar-refractivity contribution in [3.8, 4) is 11.5 Å². The molecule has 92 valence electrons. The molecule has 0 radical (unpaired) electrons. The standard InChI is InChI=1S/C11H14N2O3S/c1-11(2,10(12)17)13-9(16)7-4-3-6(14)5-8(7)15/h3-5,14-15H,1-2H3,(H2,12,17)(H,13,16). The van der Waals surface area contributed by atoms with Crippen molar-refractivity contribution in [2.75, 3.05) is 0 Å². The van der Waals surface area contributed by atoms with Crippen LogP contribution in [0.5, 0.6) is 11.5 Å². The monoisotopic (exact) mass is 254 g/mol. The Morgan fingerprint density at radius 2 is 2.00 bits per heavy atom. The molecule has 0 bridgehead atoms. The quantitative estimate of drug-likeness (QED) is 0.601. The minimum Gasteiger partial charge on any atom is -0.508 e. The number of amides is 1. The summed E-state index contributed by atoms with van der Waals surface area (Å²) in [5, 5.41) is 21.2. The summed E-state index contributed by atoms with van der Waals surface area (Å²) in [6, 6.07) is 3.71. The summed E-state index contributed by atoms with van der Waals surface area (Å²) in [4.78, 5) is 12.0. The molecule has 1 aromatic carbocycles. The van der Waals surface area contributed by atoms with Crippen LogP contribution in [-0.2, 0) is 0 Å². The predicted octanol–water partition coefficient (Wildman–Crippen LogP) is 0.892. The zero-order chi connectivity index (χ0) is 13.2. The number of phenolic OH excluding ortho intramolecular Hbond substituents is 2. The van der Waals surface area contributed by atoms with Crippen molar-refractivity contribution in [1.82, 2.24) is 5.32 Å². The highest BCUT2D eigenvalue weighted by Crippen LogP contribution is 2.22. The molecule has 0 aromatic heterocycles. The molecule has 0 fully saturated rings. The second-order valence-corrected chi connectivity index (χ2v) is 4.58. The van der Waals surface area contributed by atoms with E-state index in [0.29, 0.717) is 0 Å². The van der Waals surface area contributed by atoms with E-state index in [2.05, 4.69) is 5.32 Å². The van der Waals surface area contributed by atoms with Crippen LogP contribution in [0, 0.1) is 0 Å². The van der Waals surface area contributed by atoms with Crippen LogP contribution in [0.3, 0.4) is 0 Å². The lowest BCUT2D eigenvalue weighted by atomic mass is 10.0. The zero-order valence-electron chi connectivity index (χ0n) is 9.52. The van der Waals surface area contributed by atoms with E-state index in [1.54, 1.807) is 13.8 Å². The number of hydrogen-bond acceptors (Lipinski definition) is 4. The second-order valence-electron chi connectivity index (χ2n) is 4.14. The summed E-state index contributed by atoms with van der Waals surface area (Å²) in [7, 11) is 0. The van der Waals surface area contributed by atoms with Crippen LogP contribution in [0.1, 0.15) is 24.2 Å². The third-order valence-electron chi connectivity index (χ3n) is 2.27. The van der Waals surface area contributed by atoms with Gasteiger partial charge in [0.1, 0.15) is 11.5 Å².